The van der Waals surface area contributed by atoms with Gasteiger partial charge < -0.3 is 20.6 Å². The predicted octanol–water partition coefficient (Wildman–Crippen LogP) is 0.406. The average molecular weight is 297 g/mol. The van der Waals surface area contributed by atoms with Crippen molar-refractivity contribution in [3.8, 4) is 0 Å². The van der Waals surface area contributed by atoms with Crippen molar-refractivity contribution in [1.82, 2.24) is 15.5 Å². The maximum absolute atomic E-state index is 12.4. The summed E-state index contributed by atoms with van der Waals surface area (Å²) in [6.07, 6.45) is 1.54. The third-order valence-electron chi connectivity index (χ3n) is 4.24. The molecule has 0 aromatic carbocycles. The molecule has 0 spiro atoms. The van der Waals surface area contributed by atoms with Gasteiger partial charge in [-0.3, -0.25) is 4.79 Å². The number of aliphatic carboxylic acids is 1. The number of rotatable bonds is 2. The molecule has 3 N–H and O–H groups in total. The van der Waals surface area contributed by atoms with Crippen molar-refractivity contribution < 1.29 is 19.5 Å². The number of carboxylic acid groups (broad SMARTS) is 1. The molecule has 0 aromatic rings. The van der Waals surface area contributed by atoms with Crippen molar-refractivity contribution in [3.63, 3.8) is 0 Å². The highest BCUT2D eigenvalue weighted by molar-refractivity contribution is 5.86. The van der Waals surface area contributed by atoms with E-state index in [9.17, 15) is 19.5 Å². The Hall–Kier alpha value is -1.79. The van der Waals surface area contributed by atoms with E-state index in [1.54, 1.807) is 25.7 Å². The molecule has 21 heavy (non-hydrogen) atoms. The van der Waals surface area contributed by atoms with E-state index in [1.165, 1.54) is 0 Å². The Bertz CT molecular complexity index is 458. The monoisotopic (exact) mass is 297 g/mol. The summed E-state index contributed by atoms with van der Waals surface area (Å²) in [4.78, 5) is 37.1. The number of carboxylic acids is 1. The molecule has 0 aromatic heterocycles. The molecule has 0 radical (unpaired) electrons. The number of fused-ring (bicyclic) bond motifs is 1. The highest BCUT2D eigenvalue weighted by Gasteiger charge is 2.44. The summed E-state index contributed by atoms with van der Waals surface area (Å²) in [6.45, 7) is 6.31. The molecule has 0 aliphatic carbocycles. The number of hydrogen-bond acceptors (Lipinski definition) is 3. The molecule has 7 nitrogen and oxygen atoms in total. The molecule has 2 aliphatic rings. The molecule has 118 valence electrons. The van der Waals surface area contributed by atoms with Gasteiger partial charge in [0.05, 0.1) is 12.0 Å². The maximum Gasteiger partial charge on any atom is 0.326 e. The van der Waals surface area contributed by atoms with Crippen LogP contribution in [0.3, 0.4) is 0 Å². The highest BCUT2D eigenvalue weighted by Crippen LogP contribution is 2.28. The summed E-state index contributed by atoms with van der Waals surface area (Å²) in [5.74, 6) is -1.23. The summed E-state index contributed by atoms with van der Waals surface area (Å²) >= 11 is 0. The number of carbonyl (C=O) groups excluding carboxylic acids is 2. The number of hydrogen-bond donors (Lipinski definition) is 3. The van der Waals surface area contributed by atoms with Crippen LogP contribution in [-0.2, 0) is 9.59 Å². The number of nitrogens with one attached hydrogen (secondary N) is 2. The Balaban J connectivity index is 2.09. The van der Waals surface area contributed by atoms with Crippen LogP contribution in [0.1, 0.15) is 33.6 Å². The fourth-order valence-corrected chi connectivity index (χ4v) is 3.06. The summed E-state index contributed by atoms with van der Waals surface area (Å²) in [6, 6.07) is -1.53. The number of carbonyl (C=O) groups is 3. The van der Waals surface area contributed by atoms with Gasteiger partial charge in [0.1, 0.15) is 6.04 Å². The third kappa shape index (κ3) is 3.11. The average Bonchev–Trinajstić information content (AvgIpc) is 2.76. The van der Waals surface area contributed by atoms with Gasteiger partial charge in [0.25, 0.3) is 0 Å². The Morgan fingerprint density at radius 2 is 2.10 bits per heavy atom. The Morgan fingerprint density at radius 3 is 2.67 bits per heavy atom. The van der Waals surface area contributed by atoms with E-state index in [-0.39, 0.29) is 17.9 Å². The zero-order valence-corrected chi connectivity index (χ0v) is 12.7. The number of likely N-dealkylation sites (tertiary alicyclic amines) is 1. The first kappa shape index (κ1) is 15.6. The lowest BCUT2D eigenvalue weighted by Gasteiger charge is -2.38. The van der Waals surface area contributed by atoms with Crippen LogP contribution in [-0.4, -0.2) is 53.1 Å². The van der Waals surface area contributed by atoms with Gasteiger partial charge in [0, 0.05) is 13.1 Å². The maximum atomic E-state index is 12.4. The van der Waals surface area contributed by atoms with Crippen molar-refractivity contribution in [3.05, 3.63) is 0 Å². The molecule has 2 saturated heterocycles. The molecule has 2 fully saturated rings. The molecular weight excluding hydrogens is 274 g/mol. The molecule has 2 heterocycles. The molecule has 2 aliphatic heterocycles. The highest BCUT2D eigenvalue weighted by atomic mass is 16.4. The zero-order chi connectivity index (χ0) is 15.8. The summed E-state index contributed by atoms with van der Waals surface area (Å²) in [5.41, 5.74) is -0.583. The fourth-order valence-electron chi connectivity index (χ4n) is 3.06. The quantitative estimate of drug-likeness (QED) is 0.687. The Morgan fingerprint density at radius 1 is 1.43 bits per heavy atom. The summed E-state index contributed by atoms with van der Waals surface area (Å²) in [7, 11) is 0. The van der Waals surface area contributed by atoms with Crippen LogP contribution < -0.4 is 10.6 Å². The van der Waals surface area contributed by atoms with Gasteiger partial charge in [0.2, 0.25) is 5.91 Å². The zero-order valence-electron chi connectivity index (χ0n) is 12.7. The van der Waals surface area contributed by atoms with E-state index in [1.807, 2.05) is 0 Å². The van der Waals surface area contributed by atoms with E-state index in [0.717, 1.165) is 12.8 Å². The molecular formula is C14H23N3O4. The fraction of sp³-hybridized carbons (Fsp3) is 0.786. The lowest BCUT2D eigenvalue weighted by molar-refractivity contribution is -0.142. The van der Waals surface area contributed by atoms with E-state index in [4.69, 9.17) is 0 Å². The number of piperidine rings is 1. The summed E-state index contributed by atoms with van der Waals surface area (Å²) < 4.78 is 0. The lowest BCUT2D eigenvalue weighted by Crippen LogP contribution is -2.58. The van der Waals surface area contributed by atoms with Crippen molar-refractivity contribution in [1.29, 1.82) is 0 Å². The normalized spacial score (nSPS) is 26.8. The minimum absolute atomic E-state index is 0.0110. The SMILES string of the molecule is CC(C)(C)[C@H](NC(=O)N1CCCC2C(=O)NCC21)C(=O)O. The summed E-state index contributed by atoms with van der Waals surface area (Å²) in [5, 5.41) is 14.7. The van der Waals surface area contributed by atoms with Gasteiger partial charge >= 0.3 is 12.0 Å². The lowest BCUT2D eigenvalue weighted by atomic mass is 9.86. The van der Waals surface area contributed by atoms with Gasteiger partial charge in [-0.25, -0.2) is 9.59 Å². The smallest absolute Gasteiger partial charge is 0.326 e. The van der Waals surface area contributed by atoms with Crippen molar-refractivity contribution in [2.45, 2.75) is 45.7 Å². The first-order valence-electron chi connectivity index (χ1n) is 7.29. The number of urea groups is 1. The van der Waals surface area contributed by atoms with Gasteiger partial charge in [-0.15, -0.1) is 0 Å². The van der Waals surface area contributed by atoms with E-state index < -0.39 is 23.5 Å². The molecule has 2 unspecified atom stereocenters. The minimum atomic E-state index is -1.05. The van der Waals surface area contributed by atoms with Gasteiger partial charge in [-0.1, -0.05) is 20.8 Å². The van der Waals surface area contributed by atoms with Crippen LogP contribution in [0, 0.1) is 11.3 Å². The van der Waals surface area contributed by atoms with E-state index in [0.29, 0.717) is 13.1 Å². The standard InChI is InChI=1S/C14H23N3O4/c1-14(2,3)10(12(19)20)16-13(21)17-6-4-5-8-9(17)7-15-11(8)18/h8-10H,4-7H2,1-3H3,(H,15,18)(H,16,21)(H,19,20)/t8?,9?,10-/m1/s1. The molecule has 2 rings (SSSR count). The van der Waals surface area contributed by atoms with E-state index in [2.05, 4.69) is 10.6 Å². The first-order valence-corrected chi connectivity index (χ1v) is 7.29. The molecule has 0 saturated carbocycles. The van der Waals surface area contributed by atoms with Crippen LogP contribution >= 0.6 is 0 Å². The van der Waals surface area contributed by atoms with E-state index >= 15 is 0 Å². The Labute approximate surface area is 124 Å². The van der Waals surface area contributed by atoms with Crippen LogP contribution in [0.2, 0.25) is 0 Å². The van der Waals surface area contributed by atoms with Gasteiger partial charge in [-0.2, -0.15) is 0 Å². The number of amides is 3. The second-order valence-corrected chi connectivity index (χ2v) is 6.84. The largest absolute Gasteiger partial charge is 0.480 e. The van der Waals surface area contributed by atoms with Crippen LogP contribution in [0.25, 0.3) is 0 Å². The number of nitrogens with zero attached hydrogens (tertiary/aromatic N) is 1. The molecule has 3 amide bonds. The van der Waals surface area contributed by atoms with Crippen molar-refractivity contribution >= 4 is 17.9 Å². The van der Waals surface area contributed by atoms with Crippen LogP contribution in [0.15, 0.2) is 0 Å². The first-order chi connectivity index (χ1) is 9.71. The second-order valence-electron chi connectivity index (χ2n) is 6.84. The second kappa shape index (κ2) is 5.54. The van der Waals surface area contributed by atoms with Crippen molar-refractivity contribution in [2.24, 2.45) is 11.3 Å². The topological polar surface area (TPSA) is 98.7 Å². The predicted molar refractivity (Wildman–Crippen MR) is 75.6 cm³/mol. The van der Waals surface area contributed by atoms with Crippen LogP contribution in [0.5, 0.6) is 0 Å². The van der Waals surface area contributed by atoms with Crippen LogP contribution in [0.4, 0.5) is 4.79 Å². The van der Waals surface area contributed by atoms with Gasteiger partial charge in [-0.05, 0) is 18.3 Å². The Kier molecular flexibility index (Phi) is 4.11. The van der Waals surface area contributed by atoms with Crippen molar-refractivity contribution in [2.75, 3.05) is 13.1 Å². The molecule has 7 heteroatoms. The molecule has 0 bridgehead atoms. The minimum Gasteiger partial charge on any atom is -0.480 e. The third-order valence-corrected chi connectivity index (χ3v) is 4.24. The van der Waals surface area contributed by atoms with Gasteiger partial charge in [0.15, 0.2) is 0 Å². The molecule has 3 atom stereocenters.